The Morgan fingerprint density at radius 2 is 1.06 bits per heavy atom. The number of nitrogens with zero attached hydrogens (tertiary/aromatic N) is 2. The van der Waals surface area contributed by atoms with Gasteiger partial charge in [0.2, 0.25) is 0 Å². The minimum atomic E-state index is -0.624. The zero-order valence-electron chi connectivity index (χ0n) is 21.8. The van der Waals surface area contributed by atoms with Crippen molar-refractivity contribution in [2.75, 3.05) is 0 Å². The molecule has 2 aromatic carbocycles. The molecule has 3 N–H and O–H groups in total. The topological polar surface area (TPSA) is 113 Å². The van der Waals surface area contributed by atoms with E-state index in [0.29, 0.717) is 11.3 Å². The molecular weight excluding hydrogens is 610 g/mol. The van der Waals surface area contributed by atoms with Crippen LogP contribution in [0.2, 0.25) is 0 Å². The molecule has 2 heterocycles. The summed E-state index contributed by atoms with van der Waals surface area (Å²) in [4.78, 5) is 0. The fourth-order valence-electron chi connectivity index (χ4n) is 4.01. The van der Waals surface area contributed by atoms with Crippen molar-refractivity contribution in [2.24, 2.45) is 0 Å². The van der Waals surface area contributed by atoms with Gasteiger partial charge in [-0.15, -0.1) is 0 Å². The van der Waals surface area contributed by atoms with E-state index < -0.39 is 12.2 Å². The second kappa shape index (κ2) is 14.1. The molecular formula is C27H32N2O5Y2. The molecule has 2 unspecified atom stereocenters. The van der Waals surface area contributed by atoms with Crippen LogP contribution in [0.5, 0.6) is 5.75 Å². The Labute approximate surface area is 262 Å². The van der Waals surface area contributed by atoms with Crippen LogP contribution < -0.4 is 0 Å². The van der Waals surface area contributed by atoms with E-state index in [-0.39, 0.29) is 71.2 Å². The first-order valence-electron chi connectivity index (χ1n) is 11.2. The number of rotatable bonds is 4. The first-order chi connectivity index (χ1) is 16.0. The third kappa shape index (κ3) is 7.89. The third-order valence-electron chi connectivity index (χ3n) is 5.65. The van der Waals surface area contributed by atoms with Gasteiger partial charge >= 0.3 is 0 Å². The molecule has 0 bridgehead atoms. The normalized spacial score (nSPS) is 12.0. The van der Waals surface area contributed by atoms with Crippen molar-refractivity contribution in [1.82, 2.24) is 10.3 Å². The predicted molar refractivity (Wildman–Crippen MR) is 130 cm³/mol. The number of phenols is 1. The average molecular weight is 642 g/mol. The monoisotopic (exact) mass is 642 g/mol. The third-order valence-corrected chi connectivity index (χ3v) is 5.65. The predicted octanol–water partition coefficient (Wildman–Crippen LogP) is 6.03. The standard InChI is InChI=1S/C14H17NO2.C13H15NO3.2Y/c1-8-5-12(10(3)16)7-13(6-8)14-9(2)15-17-11(14)4;1-7-13(9(3)17-14-7)11-4-10(8(2)15)5-12(16)6-11;;/h5-7,10,16H,1-4H3;4-6,8,15-16H,1-3H3;;. The van der Waals surface area contributed by atoms with Crippen LogP contribution in [0, 0.1) is 34.6 Å². The van der Waals surface area contributed by atoms with Crippen molar-refractivity contribution >= 4 is 0 Å². The molecule has 0 saturated carbocycles. The Morgan fingerprint density at radius 3 is 1.44 bits per heavy atom. The molecule has 7 nitrogen and oxygen atoms in total. The van der Waals surface area contributed by atoms with Crippen LogP contribution in [0.15, 0.2) is 45.4 Å². The maximum absolute atomic E-state index is 9.67. The van der Waals surface area contributed by atoms with Crippen LogP contribution in [-0.2, 0) is 65.4 Å². The van der Waals surface area contributed by atoms with Gasteiger partial charge in [-0.2, -0.15) is 0 Å². The van der Waals surface area contributed by atoms with E-state index >= 15 is 0 Å². The number of aromatic nitrogens is 2. The second-order valence-corrected chi connectivity index (χ2v) is 8.70. The Bertz CT molecular complexity index is 1160. The van der Waals surface area contributed by atoms with Gasteiger partial charge in [-0.05, 0) is 95.0 Å². The minimum Gasteiger partial charge on any atom is -0.508 e. The summed E-state index contributed by atoms with van der Waals surface area (Å²) in [5.41, 5.74) is 8.10. The summed E-state index contributed by atoms with van der Waals surface area (Å²) in [5.74, 6) is 1.63. The molecule has 186 valence electrons. The number of aliphatic hydroxyl groups excluding tert-OH is 2. The van der Waals surface area contributed by atoms with Gasteiger partial charge in [-0.3, -0.25) is 0 Å². The largest absolute Gasteiger partial charge is 0.508 e. The van der Waals surface area contributed by atoms with Gasteiger partial charge in [0.15, 0.2) is 0 Å². The van der Waals surface area contributed by atoms with Gasteiger partial charge in [0.1, 0.15) is 17.3 Å². The smallest absolute Gasteiger partial charge is 0.141 e. The van der Waals surface area contributed by atoms with E-state index in [1.165, 1.54) is 0 Å². The fourth-order valence-corrected chi connectivity index (χ4v) is 4.01. The molecule has 0 aliphatic heterocycles. The van der Waals surface area contributed by atoms with Crippen molar-refractivity contribution in [3.63, 3.8) is 0 Å². The van der Waals surface area contributed by atoms with E-state index in [1.807, 2.05) is 52.8 Å². The summed E-state index contributed by atoms with van der Waals surface area (Å²) in [6.45, 7) is 12.9. The number of benzene rings is 2. The number of hydrogen-bond acceptors (Lipinski definition) is 7. The number of hydrogen-bond donors (Lipinski definition) is 3. The van der Waals surface area contributed by atoms with Crippen molar-refractivity contribution in [3.8, 4) is 28.0 Å². The van der Waals surface area contributed by atoms with Crippen LogP contribution in [0.4, 0.5) is 0 Å². The van der Waals surface area contributed by atoms with Crippen LogP contribution in [-0.4, -0.2) is 25.6 Å². The van der Waals surface area contributed by atoms with E-state index in [9.17, 15) is 15.3 Å². The molecule has 0 saturated heterocycles. The minimum absolute atomic E-state index is 0. The van der Waals surface area contributed by atoms with Gasteiger partial charge in [0, 0.05) is 76.5 Å². The van der Waals surface area contributed by atoms with Crippen LogP contribution in [0.3, 0.4) is 0 Å². The first kappa shape index (κ1) is 32.8. The van der Waals surface area contributed by atoms with Crippen molar-refractivity contribution in [2.45, 2.75) is 60.7 Å². The van der Waals surface area contributed by atoms with Crippen molar-refractivity contribution in [3.05, 3.63) is 76.0 Å². The van der Waals surface area contributed by atoms with Crippen LogP contribution in [0.25, 0.3) is 22.3 Å². The van der Waals surface area contributed by atoms with E-state index in [0.717, 1.165) is 50.5 Å². The quantitative estimate of drug-likeness (QED) is 0.249. The fraction of sp³-hybridized carbons (Fsp3) is 0.333. The summed E-state index contributed by atoms with van der Waals surface area (Å²) in [5, 5.41) is 36.7. The van der Waals surface area contributed by atoms with E-state index in [2.05, 4.69) is 16.4 Å². The molecule has 2 radical (unpaired) electrons. The molecule has 4 aromatic rings. The number of aryl methyl sites for hydroxylation is 5. The van der Waals surface area contributed by atoms with Gasteiger partial charge < -0.3 is 24.4 Å². The molecule has 2 aromatic heterocycles. The van der Waals surface area contributed by atoms with Crippen LogP contribution in [0.1, 0.15) is 65.7 Å². The molecule has 36 heavy (non-hydrogen) atoms. The SMILES string of the molecule is Cc1cc(-c2c(C)noc2C)cc(C(C)O)c1.Cc1noc(C)c1-c1cc(O)cc(C(C)O)c1.[Y].[Y]. The van der Waals surface area contributed by atoms with Crippen molar-refractivity contribution in [1.29, 1.82) is 0 Å². The molecule has 0 fully saturated rings. The molecule has 9 heteroatoms. The molecule has 4 rings (SSSR count). The Balaban J connectivity index is 0.000000341. The van der Waals surface area contributed by atoms with E-state index in [1.54, 1.807) is 26.0 Å². The maximum Gasteiger partial charge on any atom is 0.141 e. The summed E-state index contributed by atoms with van der Waals surface area (Å²) in [6.07, 6.45) is -1.09. The Morgan fingerprint density at radius 1 is 0.639 bits per heavy atom. The van der Waals surface area contributed by atoms with Gasteiger partial charge in [-0.25, -0.2) is 0 Å². The second-order valence-electron chi connectivity index (χ2n) is 8.70. The number of aromatic hydroxyl groups is 1. The van der Waals surface area contributed by atoms with Gasteiger partial charge in [-0.1, -0.05) is 28.0 Å². The van der Waals surface area contributed by atoms with Gasteiger partial charge in [0.05, 0.1) is 23.6 Å². The molecule has 0 aliphatic rings. The summed E-state index contributed by atoms with van der Waals surface area (Å²) < 4.78 is 10.3. The average Bonchev–Trinajstić information content (AvgIpc) is 3.27. The first-order valence-corrected chi connectivity index (χ1v) is 11.2. The summed E-state index contributed by atoms with van der Waals surface area (Å²) >= 11 is 0. The van der Waals surface area contributed by atoms with Crippen molar-refractivity contribution < 1.29 is 89.8 Å². The number of phenolic OH excluding ortho intramolecular Hbond substituents is 1. The molecule has 0 spiro atoms. The number of aliphatic hydroxyl groups is 2. The summed E-state index contributed by atoms with van der Waals surface area (Å²) in [7, 11) is 0. The Kier molecular flexibility index (Phi) is 12.8. The molecule has 2 atom stereocenters. The maximum atomic E-state index is 9.67. The Hall–Kier alpha value is -1.21. The molecule has 0 aliphatic carbocycles. The van der Waals surface area contributed by atoms with Gasteiger partial charge in [0.25, 0.3) is 0 Å². The summed E-state index contributed by atoms with van der Waals surface area (Å²) in [6, 6.07) is 11.1. The van der Waals surface area contributed by atoms with E-state index in [4.69, 9.17) is 9.05 Å². The zero-order valence-corrected chi connectivity index (χ0v) is 27.5. The molecule has 0 amide bonds. The van der Waals surface area contributed by atoms with Crippen LogP contribution >= 0.6 is 0 Å². The zero-order chi connectivity index (χ0) is 25.2.